The Morgan fingerprint density at radius 2 is 1.76 bits per heavy atom. The molecule has 1 aliphatic rings. The van der Waals surface area contributed by atoms with Crippen LogP contribution < -0.4 is 4.74 Å². The second-order valence-electron chi connectivity index (χ2n) is 6.33. The normalized spacial score (nSPS) is 21.5. The van der Waals surface area contributed by atoms with Gasteiger partial charge in [-0.2, -0.15) is 5.26 Å². The number of rotatable bonds is 6. The van der Waals surface area contributed by atoms with Crippen LogP contribution in [0.2, 0.25) is 0 Å². The smallest absolute Gasteiger partial charge is 0.406 e. The summed E-state index contributed by atoms with van der Waals surface area (Å²) in [4.78, 5) is 0. The summed E-state index contributed by atoms with van der Waals surface area (Å²) in [6, 6.07) is 8.23. The molecule has 2 rings (SSSR count). The molecule has 0 bridgehead atoms. The first-order chi connectivity index (χ1) is 12.0. The second-order valence-corrected chi connectivity index (χ2v) is 6.33. The third-order valence-corrected chi connectivity index (χ3v) is 4.59. The fraction of sp³-hybridized carbons (Fsp3) is 0.450. The predicted octanol–water partition coefficient (Wildman–Crippen LogP) is 6.28. The Hall–Kier alpha value is -2.22. The number of alkyl halides is 3. The predicted molar refractivity (Wildman–Crippen MR) is 91.0 cm³/mol. The number of nitrogens with zero attached hydrogens (tertiary/aromatic N) is 1. The SMILES string of the molecule is N#CC=CC=CCCC1CCC(c2ccc(OC(F)(F)F)cc2)CC1. The summed E-state index contributed by atoms with van der Waals surface area (Å²) < 4.78 is 40.5. The van der Waals surface area contributed by atoms with Crippen molar-refractivity contribution >= 4 is 0 Å². The Bertz CT molecular complexity index is 618. The summed E-state index contributed by atoms with van der Waals surface area (Å²) in [5.74, 6) is 0.959. The molecule has 134 valence electrons. The highest BCUT2D eigenvalue weighted by atomic mass is 19.4. The van der Waals surface area contributed by atoms with Gasteiger partial charge in [0.25, 0.3) is 0 Å². The van der Waals surface area contributed by atoms with Crippen LogP contribution in [-0.4, -0.2) is 6.36 Å². The van der Waals surface area contributed by atoms with Crippen LogP contribution in [0.5, 0.6) is 5.75 Å². The molecule has 2 nitrogen and oxygen atoms in total. The highest BCUT2D eigenvalue weighted by molar-refractivity contribution is 5.29. The molecule has 1 saturated carbocycles. The van der Waals surface area contributed by atoms with Crippen LogP contribution in [0.25, 0.3) is 0 Å². The van der Waals surface area contributed by atoms with E-state index in [0.29, 0.717) is 11.8 Å². The third-order valence-electron chi connectivity index (χ3n) is 4.59. The lowest BCUT2D eigenvalue weighted by molar-refractivity contribution is -0.274. The Morgan fingerprint density at radius 3 is 2.36 bits per heavy atom. The van der Waals surface area contributed by atoms with Crippen molar-refractivity contribution in [1.29, 1.82) is 5.26 Å². The quantitative estimate of drug-likeness (QED) is 0.447. The average Bonchev–Trinajstić information content (AvgIpc) is 2.58. The van der Waals surface area contributed by atoms with E-state index in [1.54, 1.807) is 18.2 Å². The van der Waals surface area contributed by atoms with Crippen LogP contribution in [0.3, 0.4) is 0 Å². The van der Waals surface area contributed by atoms with Crippen LogP contribution >= 0.6 is 0 Å². The molecule has 0 saturated heterocycles. The van der Waals surface area contributed by atoms with Gasteiger partial charge in [0.2, 0.25) is 0 Å². The van der Waals surface area contributed by atoms with Gasteiger partial charge in [-0.15, -0.1) is 13.2 Å². The summed E-state index contributed by atoms with van der Waals surface area (Å²) in [6.07, 6.45) is 9.12. The van der Waals surface area contributed by atoms with Gasteiger partial charge in [0.15, 0.2) is 0 Å². The summed E-state index contributed by atoms with van der Waals surface area (Å²) in [7, 11) is 0. The molecule has 5 heteroatoms. The van der Waals surface area contributed by atoms with Crippen LogP contribution in [0.15, 0.2) is 48.6 Å². The van der Waals surface area contributed by atoms with E-state index < -0.39 is 6.36 Å². The van der Waals surface area contributed by atoms with Gasteiger partial charge in [0.05, 0.1) is 6.07 Å². The molecule has 1 fully saturated rings. The first-order valence-corrected chi connectivity index (χ1v) is 8.55. The zero-order chi connectivity index (χ0) is 18.1. The van der Waals surface area contributed by atoms with E-state index in [-0.39, 0.29) is 5.75 Å². The molecule has 1 aromatic carbocycles. The number of allylic oxidation sites excluding steroid dienone is 4. The van der Waals surface area contributed by atoms with Crippen molar-refractivity contribution in [2.75, 3.05) is 0 Å². The van der Waals surface area contributed by atoms with Gasteiger partial charge >= 0.3 is 6.36 Å². The highest BCUT2D eigenvalue weighted by Crippen LogP contribution is 2.38. The number of benzene rings is 1. The van der Waals surface area contributed by atoms with Crippen molar-refractivity contribution in [2.24, 2.45) is 5.92 Å². The lowest BCUT2D eigenvalue weighted by atomic mass is 9.77. The highest BCUT2D eigenvalue weighted by Gasteiger charge is 2.31. The van der Waals surface area contributed by atoms with Crippen molar-refractivity contribution in [2.45, 2.75) is 50.8 Å². The van der Waals surface area contributed by atoms with E-state index in [9.17, 15) is 13.2 Å². The van der Waals surface area contributed by atoms with Crippen molar-refractivity contribution < 1.29 is 17.9 Å². The Balaban J connectivity index is 1.75. The second kappa shape index (κ2) is 9.31. The fourth-order valence-electron chi connectivity index (χ4n) is 3.33. The molecule has 0 atom stereocenters. The number of halogens is 3. The van der Waals surface area contributed by atoms with E-state index in [4.69, 9.17) is 5.26 Å². The van der Waals surface area contributed by atoms with E-state index >= 15 is 0 Å². The van der Waals surface area contributed by atoms with Gasteiger partial charge in [0, 0.05) is 6.08 Å². The Kier molecular flexibility index (Phi) is 7.12. The summed E-state index contributed by atoms with van der Waals surface area (Å²) >= 11 is 0. The maximum absolute atomic E-state index is 12.2. The molecule has 0 N–H and O–H groups in total. The largest absolute Gasteiger partial charge is 0.573 e. The Labute approximate surface area is 146 Å². The van der Waals surface area contributed by atoms with Crippen LogP contribution in [-0.2, 0) is 0 Å². The molecular weight excluding hydrogens is 327 g/mol. The topological polar surface area (TPSA) is 33.0 Å². The van der Waals surface area contributed by atoms with E-state index in [1.165, 1.54) is 18.2 Å². The molecule has 0 spiro atoms. The fourth-order valence-corrected chi connectivity index (χ4v) is 3.33. The lowest BCUT2D eigenvalue weighted by Crippen LogP contribution is -2.17. The zero-order valence-electron chi connectivity index (χ0n) is 14.0. The number of hydrogen-bond acceptors (Lipinski definition) is 2. The summed E-state index contributed by atoms with van der Waals surface area (Å²) in [5, 5.41) is 8.38. The van der Waals surface area contributed by atoms with E-state index in [1.807, 2.05) is 12.1 Å². The summed E-state index contributed by atoms with van der Waals surface area (Å²) in [5.41, 5.74) is 1.09. The monoisotopic (exact) mass is 349 g/mol. The minimum absolute atomic E-state index is 0.165. The van der Waals surface area contributed by atoms with Gasteiger partial charge in [-0.1, -0.05) is 30.4 Å². The Morgan fingerprint density at radius 1 is 1.08 bits per heavy atom. The zero-order valence-corrected chi connectivity index (χ0v) is 14.0. The van der Waals surface area contributed by atoms with Gasteiger partial charge in [-0.25, -0.2) is 0 Å². The third kappa shape index (κ3) is 7.04. The van der Waals surface area contributed by atoms with Crippen molar-refractivity contribution in [1.82, 2.24) is 0 Å². The first kappa shape index (κ1) is 19.1. The van der Waals surface area contributed by atoms with Crippen LogP contribution in [0, 0.1) is 17.2 Å². The molecular formula is C20H22F3NO. The van der Waals surface area contributed by atoms with Crippen molar-refractivity contribution in [3.8, 4) is 11.8 Å². The molecule has 0 radical (unpaired) electrons. The molecule has 0 unspecified atom stereocenters. The maximum Gasteiger partial charge on any atom is 0.573 e. The minimum atomic E-state index is -4.64. The van der Waals surface area contributed by atoms with Crippen molar-refractivity contribution in [3.05, 3.63) is 54.1 Å². The number of ether oxygens (including phenoxy) is 1. The number of nitriles is 1. The molecule has 0 aromatic heterocycles. The van der Waals surface area contributed by atoms with E-state index in [0.717, 1.165) is 44.1 Å². The van der Waals surface area contributed by atoms with Crippen molar-refractivity contribution in [3.63, 3.8) is 0 Å². The molecule has 0 heterocycles. The van der Waals surface area contributed by atoms with Gasteiger partial charge < -0.3 is 4.74 Å². The minimum Gasteiger partial charge on any atom is -0.406 e. The lowest BCUT2D eigenvalue weighted by Gasteiger charge is -2.28. The molecule has 25 heavy (non-hydrogen) atoms. The van der Waals surface area contributed by atoms with Gasteiger partial charge in [-0.3, -0.25) is 0 Å². The molecule has 0 aliphatic heterocycles. The number of hydrogen-bond donors (Lipinski definition) is 0. The standard InChI is InChI=1S/C20H22F3NO/c21-20(22,23)25-19-13-11-18(12-14-19)17-9-7-16(8-10-17)6-4-2-1-3-5-15-24/h1-3,5,11-14,16-17H,4,6-10H2. The maximum atomic E-state index is 12.2. The van der Waals surface area contributed by atoms with Gasteiger partial charge in [0.1, 0.15) is 5.75 Å². The van der Waals surface area contributed by atoms with Crippen LogP contribution in [0.1, 0.15) is 50.0 Å². The molecule has 0 amide bonds. The summed E-state index contributed by atoms with van der Waals surface area (Å²) in [6.45, 7) is 0. The molecule has 1 aliphatic carbocycles. The first-order valence-electron chi connectivity index (χ1n) is 8.55. The van der Waals surface area contributed by atoms with Crippen LogP contribution in [0.4, 0.5) is 13.2 Å². The molecule has 1 aromatic rings. The average molecular weight is 349 g/mol. The van der Waals surface area contributed by atoms with Gasteiger partial charge in [-0.05, 0) is 68.1 Å². The van der Waals surface area contributed by atoms with E-state index in [2.05, 4.69) is 10.8 Å².